The van der Waals surface area contributed by atoms with Gasteiger partial charge in [0, 0.05) is 6.07 Å². The summed E-state index contributed by atoms with van der Waals surface area (Å²) in [4.78, 5) is 19.1. The minimum Gasteiger partial charge on any atom is -0.478 e. The van der Waals surface area contributed by atoms with Gasteiger partial charge in [-0.1, -0.05) is 0 Å². The van der Waals surface area contributed by atoms with Crippen molar-refractivity contribution in [3.05, 3.63) is 54.0 Å². The smallest absolute Gasteiger partial charge is 0.419 e. The number of piperazine rings is 1. The molecule has 1 N–H and O–H groups in total. The summed E-state index contributed by atoms with van der Waals surface area (Å²) in [7, 11) is 0. The van der Waals surface area contributed by atoms with Crippen molar-refractivity contribution in [2.75, 3.05) is 31.1 Å². The fourth-order valence-electron chi connectivity index (χ4n) is 3.16. The van der Waals surface area contributed by atoms with E-state index in [0.29, 0.717) is 37.7 Å². The van der Waals surface area contributed by atoms with E-state index in [2.05, 4.69) is 4.98 Å². The van der Waals surface area contributed by atoms with Crippen LogP contribution in [-0.2, 0) is 11.0 Å². The number of aromatic amines is 1. The minimum atomic E-state index is -4.39. The highest BCUT2D eigenvalue weighted by Crippen LogP contribution is 2.28. The molecule has 1 saturated heterocycles. The van der Waals surface area contributed by atoms with E-state index in [1.165, 1.54) is 30.3 Å². The predicted octanol–water partition coefficient (Wildman–Crippen LogP) is 3.16. The summed E-state index contributed by atoms with van der Waals surface area (Å²) in [5.41, 5.74) is -1.88. The molecule has 5 nitrogen and oxygen atoms in total. The Kier molecular flexibility index (Phi) is 5.68. The first kappa shape index (κ1) is 20.9. The van der Waals surface area contributed by atoms with Crippen LogP contribution < -0.4 is 14.6 Å². The van der Waals surface area contributed by atoms with Crippen LogP contribution in [0.5, 0.6) is 5.75 Å². The van der Waals surface area contributed by atoms with Gasteiger partial charge in [0.05, 0.1) is 18.7 Å². The number of nitrogens with one attached hydrogen (secondary N) is 1. The Bertz CT molecular complexity index is 844. The fraction of sp³-hybridized carbons (Fsp3) is 0.400. The summed E-state index contributed by atoms with van der Waals surface area (Å²) in [6.45, 7) is 5.05. The normalized spacial score (nSPS) is 15.4. The highest BCUT2D eigenvalue weighted by atomic mass is 19.4. The number of anilines is 1. The summed E-state index contributed by atoms with van der Waals surface area (Å²) < 4.78 is 56.8. The summed E-state index contributed by atoms with van der Waals surface area (Å²) in [5.74, 6) is 0.352. The number of hydrogen-bond donors (Lipinski definition) is 0. The molecule has 0 bridgehead atoms. The molecule has 156 valence electrons. The van der Waals surface area contributed by atoms with Crippen molar-refractivity contribution in [2.45, 2.75) is 25.6 Å². The quantitative estimate of drug-likeness (QED) is 0.725. The van der Waals surface area contributed by atoms with Crippen LogP contribution in [-0.4, -0.2) is 42.6 Å². The standard InChI is InChI=1S/C20H21F4N3O2/c1-19(2,29-16-6-4-15(21)5-7-16)18(28)27-11-9-26(10-12-27)17-8-3-14(13-25-17)20(22,23)24/h3-8,13H,9-12H2,1-2H3/p+1. The number of amides is 1. The molecule has 0 aliphatic carbocycles. The van der Waals surface area contributed by atoms with Gasteiger partial charge in [0.1, 0.15) is 30.9 Å². The molecule has 1 aliphatic rings. The van der Waals surface area contributed by atoms with E-state index in [0.717, 1.165) is 12.3 Å². The van der Waals surface area contributed by atoms with Gasteiger partial charge < -0.3 is 9.64 Å². The first-order chi connectivity index (χ1) is 13.6. The zero-order chi connectivity index (χ0) is 21.2. The van der Waals surface area contributed by atoms with Crippen LogP contribution in [0.15, 0.2) is 42.6 Å². The van der Waals surface area contributed by atoms with Gasteiger partial charge in [-0.05, 0) is 44.2 Å². The Morgan fingerprint density at radius 3 is 2.14 bits per heavy atom. The molecule has 0 atom stereocenters. The molecule has 1 aliphatic heterocycles. The SMILES string of the molecule is CC(C)(Oc1ccc(F)cc1)C(=O)N1CCN(c2ccc(C(F)(F)F)c[nH+]2)CC1. The van der Waals surface area contributed by atoms with Gasteiger partial charge in [-0.2, -0.15) is 13.2 Å². The molecular formula is C20H22F4N3O2+. The molecule has 1 amide bonds. The molecule has 2 heterocycles. The van der Waals surface area contributed by atoms with Crippen molar-refractivity contribution in [1.29, 1.82) is 0 Å². The van der Waals surface area contributed by atoms with Crippen molar-refractivity contribution in [3.8, 4) is 5.75 Å². The van der Waals surface area contributed by atoms with Crippen LogP contribution >= 0.6 is 0 Å². The lowest BCUT2D eigenvalue weighted by Crippen LogP contribution is -2.56. The van der Waals surface area contributed by atoms with E-state index < -0.39 is 23.2 Å². The largest absolute Gasteiger partial charge is 0.478 e. The highest BCUT2D eigenvalue weighted by Gasteiger charge is 2.37. The highest BCUT2D eigenvalue weighted by molar-refractivity contribution is 5.85. The van der Waals surface area contributed by atoms with Gasteiger partial charge >= 0.3 is 6.18 Å². The topological polar surface area (TPSA) is 46.9 Å². The second-order valence-corrected chi connectivity index (χ2v) is 7.31. The van der Waals surface area contributed by atoms with Crippen molar-refractivity contribution < 1.29 is 32.1 Å². The molecular weight excluding hydrogens is 390 g/mol. The van der Waals surface area contributed by atoms with Crippen LogP contribution in [0.4, 0.5) is 23.4 Å². The average Bonchev–Trinajstić information content (AvgIpc) is 2.68. The van der Waals surface area contributed by atoms with E-state index in [1.807, 2.05) is 4.90 Å². The number of hydrogen-bond acceptors (Lipinski definition) is 3. The Balaban J connectivity index is 1.59. The third-order valence-electron chi connectivity index (χ3n) is 4.73. The number of carbonyl (C=O) groups excluding carboxylic acids is 1. The average molecular weight is 412 g/mol. The zero-order valence-corrected chi connectivity index (χ0v) is 16.1. The van der Waals surface area contributed by atoms with Crippen molar-refractivity contribution in [2.24, 2.45) is 0 Å². The van der Waals surface area contributed by atoms with E-state index in [-0.39, 0.29) is 5.91 Å². The lowest BCUT2D eigenvalue weighted by molar-refractivity contribution is -0.367. The molecule has 2 aromatic rings. The van der Waals surface area contributed by atoms with Gasteiger partial charge in [-0.25, -0.2) is 9.37 Å². The Morgan fingerprint density at radius 2 is 1.62 bits per heavy atom. The number of pyridine rings is 1. The maximum absolute atomic E-state index is 13.0. The van der Waals surface area contributed by atoms with Crippen LogP contribution in [0, 0.1) is 5.82 Å². The molecule has 0 radical (unpaired) electrons. The lowest BCUT2D eigenvalue weighted by atomic mass is 10.1. The first-order valence-electron chi connectivity index (χ1n) is 9.14. The monoisotopic (exact) mass is 412 g/mol. The summed E-state index contributed by atoms with van der Waals surface area (Å²) in [6.07, 6.45) is -3.46. The minimum absolute atomic E-state index is 0.210. The van der Waals surface area contributed by atoms with E-state index in [9.17, 15) is 22.4 Å². The van der Waals surface area contributed by atoms with Gasteiger partial charge in [0.2, 0.25) is 0 Å². The van der Waals surface area contributed by atoms with Crippen LogP contribution in [0.2, 0.25) is 0 Å². The van der Waals surface area contributed by atoms with Crippen LogP contribution in [0.1, 0.15) is 19.4 Å². The molecule has 29 heavy (non-hydrogen) atoms. The maximum Gasteiger partial charge on any atom is 0.419 e. The van der Waals surface area contributed by atoms with Gasteiger partial charge in [0.15, 0.2) is 5.60 Å². The third kappa shape index (κ3) is 4.96. The number of ether oxygens (including phenoxy) is 1. The Hall–Kier alpha value is -2.84. The molecule has 0 unspecified atom stereocenters. The Labute approximate surface area is 165 Å². The van der Waals surface area contributed by atoms with Crippen LogP contribution in [0.3, 0.4) is 0 Å². The lowest BCUT2D eigenvalue weighted by Gasteiger charge is -2.36. The first-order valence-corrected chi connectivity index (χ1v) is 9.14. The molecule has 0 saturated carbocycles. The van der Waals surface area contributed by atoms with E-state index in [4.69, 9.17) is 4.74 Å². The number of aromatic nitrogens is 1. The number of nitrogens with zero attached hydrogens (tertiary/aromatic N) is 2. The summed E-state index contributed by atoms with van der Waals surface area (Å²) in [5, 5.41) is 0. The zero-order valence-electron chi connectivity index (χ0n) is 16.1. The summed E-state index contributed by atoms with van der Waals surface area (Å²) >= 11 is 0. The van der Waals surface area contributed by atoms with Gasteiger partial charge in [-0.15, -0.1) is 0 Å². The number of rotatable bonds is 4. The van der Waals surface area contributed by atoms with E-state index in [1.54, 1.807) is 18.7 Å². The van der Waals surface area contributed by atoms with Crippen molar-refractivity contribution in [3.63, 3.8) is 0 Å². The van der Waals surface area contributed by atoms with Gasteiger partial charge in [-0.3, -0.25) is 9.69 Å². The van der Waals surface area contributed by atoms with E-state index >= 15 is 0 Å². The number of halogens is 4. The molecule has 3 rings (SSSR count). The number of H-pyrrole nitrogens is 1. The van der Waals surface area contributed by atoms with Crippen LogP contribution in [0.25, 0.3) is 0 Å². The number of carbonyl (C=O) groups is 1. The third-order valence-corrected chi connectivity index (χ3v) is 4.73. The molecule has 1 aromatic carbocycles. The Morgan fingerprint density at radius 1 is 1.00 bits per heavy atom. The molecule has 1 aromatic heterocycles. The van der Waals surface area contributed by atoms with Crippen molar-refractivity contribution >= 4 is 11.7 Å². The summed E-state index contributed by atoms with van der Waals surface area (Å²) in [6, 6.07) is 7.86. The fourth-order valence-corrected chi connectivity index (χ4v) is 3.16. The molecule has 1 fully saturated rings. The van der Waals surface area contributed by atoms with Crippen molar-refractivity contribution in [1.82, 2.24) is 4.90 Å². The van der Waals surface area contributed by atoms with Gasteiger partial charge in [0.25, 0.3) is 11.7 Å². The molecule has 9 heteroatoms. The second kappa shape index (κ2) is 7.88. The molecule has 0 spiro atoms. The second-order valence-electron chi connectivity index (χ2n) is 7.31. The number of benzene rings is 1. The number of alkyl halides is 3. The predicted molar refractivity (Wildman–Crippen MR) is 97.9 cm³/mol. The maximum atomic E-state index is 13.0.